The molecule has 248 valence electrons. The zero-order valence-electron chi connectivity index (χ0n) is 28.9. The van der Waals surface area contributed by atoms with Gasteiger partial charge in [0.05, 0.1) is 27.6 Å². The summed E-state index contributed by atoms with van der Waals surface area (Å²) < 4.78 is 7.19. The molecule has 53 heavy (non-hydrogen) atoms. The zero-order valence-corrected chi connectivity index (χ0v) is 28.9. The summed E-state index contributed by atoms with van der Waals surface area (Å²) in [7, 11) is 0. The van der Waals surface area contributed by atoms with Crippen LogP contribution in [0, 0.1) is 0 Å². The minimum absolute atomic E-state index is 1.13. The lowest BCUT2D eigenvalue weighted by Crippen LogP contribution is -1.99. The number of rotatable bonds is 5. The molecule has 3 heterocycles. The van der Waals surface area contributed by atoms with Crippen LogP contribution in [0.25, 0.3) is 93.8 Å². The lowest BCUT2D eigenvalue weighted by atomic mass is 10.0. The molecule has 0 fully saturated rings. The van der Waals surface area contributed by atoms with Crippen molar-refractivity contribution in [3.63, 3.8) is 0 Å². The molecule has 0 aliphatic carbocycles. The number of nitrogens with zero attached hydrogens (tertiary/aromatic N) is 3. The summed E-state index contributed by atoms with van der Waals surface area (Å²) in [4.78, 5) is 0. The Morgan fingerprint density at radius 1 is 0.283 bits per heavy atom. The fraction of sp³-hybridized carbons (Fsp3) is 0. The molecule has 0 radical (unpaired) electrons. The Morgan fingerprint density at radius 2 is 0.811 bits per heavy atom. The van der Waals surface area contributed by atoms with Crippen LogP contribution < -0.4 is 0 Å². The average Bonchev–Trinajstić information content (AvgIpc) is 3.92. The summed E-state index contributed by atoms with van der Waals surface area (Å²) in [6, 6.07) is 70.4. The van der Waals surface area contributed by atoms with Crippen molar-refractivity contribution in [2.24, 2.45) is 0 Å². The molecular weight excluding hydrogens is 643 g/mol. The zero-order chi connectivity index (χ0) is 34.9. The fourth-order valence-corrected chi connectivity index (χ4v) is 8.42. The van der Waals surface area contributed by atoms with Gasteiger partial charge in [-0.05, 0) is 95.1 Å². The van der Waals surface area contributed by atoms with Gasteiger partial charge in [0.25, 0.3) is 0 Å². The second-order valence-electron chi connectivity index (χ2n) is 13.8. The van der Waals surface area contributed by atoms with Gasteiger partial charge in [-0.2, -0.15) is 0 Å². The first-order valence-electron chi connectivity index (χ1n) is 18.2. The highest BCUT2D eigenvalue weighted by atomic mass is 15.0. The first-order valence-corrected chi connectivity index (χ1v) is 18.2. The first-order chi connectivity index (χ1) is 26.3. The van der Waals surface area contributed by atoms with Gasteiger partial charge in [-0.1, -0.05) is 121 Å². The van der Waals surface area contributed by atoms with Crippen LogP contribution in [-0.2, 0) is 0 Å². The molecule has 0 saturated heterocycles. The molecule has 0 amide bonds. The van der Waals surface area contributed by atoms with Gasteiger partial charge >= 0.3 is 0 Å². The second kappa shape index (κ2) is 11.7. The van der Waals surface area contributed by atoms with Gasteiger partial charge in [-0.15, -0.1) is 0 Å². The molecule has 3 aromatic heterocycles. The molecule has 0 N–H and O–H groups in total. The van der Waals surface area contributed by atoms with Gasteiger partial charge in [0.15, 0.2) is 0 Å². The van der Waals surface area contributed by atoms with E-state index in [-0.39, 0.29) is 0 Å². The highest BCUT2D eigenvalue weighted by molar-refractivity contribution is 6.18. The van der Waals surface area contributed by atoms with Crippen LogP contribution in [0.15, 0.2) is 200 Å². The molecule has 3 nitrogen and oxygen atoms in total. The van der Waals surface area contributed by atoms with Crippen LogP contribution in [0.2, 0.25) is 0 Å². The molecule has 11 aromatic rings. The Hall–Kier alpha value is -7.10. The minimum Gasteiger partial charge on any atom is -0.315 e. The number of aromatic nitrogens is 3. The van der Waals surface area contributed by atoms with Crippen molar-refractivity contribution in [2.45, 2.75) is 0 Å². The van der Waals surface area contributed by atoms with Crippen molar-refractivity contribution >= 4 is 54.5 Å². The molecule has 0 aliphatic rings. The summed E-state index contributed by atoms with van der Waals surface area (Å²) in [6.45, 7) is 0. The van der Waals surface area contributed by atoms with Crippen LogP contribution >= 0.6 is 0 Å². The van der Waals surface area contributed by atoms with Crippen LogP contribution in [0.1, 0.15) is 0 Å². The Bertz CT molecular complexity index is 3030. The van der Waals surface area contributed by atoms with E-state index in [1.54, 1.807) is 0 Å². The predicted molar refractivity (Wildman–Crippen MR) is 223 cm³/mol. The summed E-state index contributed by atoms with van der Waals surface area (Å²) in [5.41, 5.74) is 14.3. The highest BCUT2D eigenvalue weighted by Gasteiger charge is 2.19. The van der Waals surface area contributed by atoms with Crippen LogP contribution in [0.5, 0.6) is 0 Å². The van der Waals surface area contributed by atoms with Gasteiger partial charge in [0.1, 0.15) is 0 Å². The summed E-state index contributed by atoms with van der Waals surface area (Å²) in [6.07, 6.45) is 2.19. The number of para-hydroxylation sites is 2. The summed E-state index contributed by atoms with van der Waals surface area (Å²) in [5, 5.41) is 6.21. The minimum atomic E-state index is 1.13. The first kappa shape index (κ1) is 29.6. The molecule has 0 bridgehead atoms. The van der Waals surface area contributed by atoms with Crippen molar-refractivity contribution in [3.8, 4) is 39.3 Å². The lowest BCUT2D eigenvalue weighted by molar-refractivity contribution is 1.11. The Labute approximate surface area is 306 Å². The summed E-state index contributed by atoms with van der Waals surface area (Å²) in [5.74, 6) is 0. The Kier molecular flexibility index (Phi) is 6.55. The standard InChI is InChI=1S/C50H33N3/c1-4-12-34(13-5-1)37-21-28-47-44(32-37)45-33-38(35-14-6-2-7-15-35)22-29-48(45)52(47)40-23-25-41(26-24-40)53-46-19-11-10-18-42(46)43-27-20-36-30-31-51(49(36)50(43)53)39-16-8-3-9-17-39/h1-33H. The number of benzene rings is 8. The molecular formula is C50H33N3. The van der Waals surface area contributed by atoms with E-state index in [9.17, 15) is 0 Å². The van der Waals surface area contributed by atoms with E-state index in [2.05, 4.69) is 214 Å². The maximum absolute atomic E-state index is 2.44. The van der Waals surface area contributed by atoms with E-state index in [1.807, 2.05) is 0 Å². The monoisotopic (exact) mass is 675 g/mol. The van der Waals surface area contributed by atoms with Crippen LogP contribution in [0.4, 0.5) is 0 Å². The molecule has 0 unspecified atom stereocenters. The predicted octanol–water partition coefficient (Wildman–Crippen LogP) is 13.2. The van der Waals surface area contributed by atoms with Crippen molar-refractivity contribution in [1.82, 2.24) is 13.7 Å². The van der Waals surface area contributed by atoms with Gasteiger partial charge in [-0.3, -0.25) is 0 Å². The number of hydrogen-bond acceptors (Lipinski definition) is 0. The normalized spacial score (nSPS) is 11.8. The maximum atomic E-state index is 2.44. The average molecular weight is 676 g/mol. The quantitative estimate of drug-likeness (QED) is 0.172. The van der Waals surface area contributed by atoms with Crippen molar-refractivity contribution in [1.29, 1.82) is 0 Å². The van der Waals surface area contributed by atoms with E-state index in [4.69, 9.17) is 0 Å². The number of fused-ring (bicyclic) bond motifs is 8. The number of hydrogen-bond donors (Lipinski definition) is 0. The third-order valence-electron chi connectivity index (χ3n) is 10.9. The van der Waals surface area contributed by atoms with E-state index in [0.29, 0.717) is 0 Å². The van der Waals surface area contributed by atoms with Gasteiger partial charge in [0, 0.05) is 50.2 Å². The third-order valence-corrected chi connectivity index (χ3v) is 10.9. The van der Waals surface area contributed by atoms with E-state index >= 15 is 0 Å². The molecule has 0 aliphatic heterocycles. The summed E-state index contributed by atoms with van der Waals surface area (Å²) >= 11 is 0. The lowest BCUT2D eigenvalue weighted by Gasteiger charge is -2.13. The van der Waals surface area contributed by atoms with Gasteiger partial charge in [-0.25, -0.2) is 0 Å². The molecule has 0 saturated carbocycles. The van der Waals surface area contributed by atoms with Crippen molar-refractivity contribution in [2.75, 3.05) is 0 Å². The second-order valence-corrected chi connectivity index (χ2v) is 13.8. The van der Waals surface area contributed by atoms with E-state index in [1.165, 1.54) is 76.8 Å². The molecule has 0 atom stereocenters. The maximum Gasteiger partial charge on any atom is 0.0788 e. The van der Waals surface area contributed by atoms with Crippen molar-refractivity contribution < 1.29 is 0 Å². The van der Waals surface area contributed by atoms with Crippen LogP contribution in [0.3, 0.4) is 0 Å². The SMILES string of the molecule is c1ccc(-c2ccc3c(c2)c2cc(-c4ccccc4)ccc2n3-c2ccc(-n3c4ccccc4c4ccc5ccn(-c6ccccc6)c5c43)cc2)cc1. The van der Waals surface area contributed by atoms with Gasteiger partial charge in [0.2, 0.25) is 0 Å². The van der Waals surface area contributed by atoms with Gasteiger partial charge < -0.3 is 13.7 Å². The highest BCUT2D eigenvalue weighted by Crippen LogP contribution is 2.40. The Morgan fingerprint density at radius 3 is 1.43 bits per heavy atom. The molecule has 11 rings (SSSR count). The fourth-order valence-electron chi connectivity index (χ4n) is 8.42. The molecule has 3 heteroatoms. The topological polar surface area (TPSA) is 14.8 Å². The van der Waals surface area contributed by atoms with E-state index in [0.717, 1.165) is 17.1 Å². The largest absolute Gasteiger partial charge is 0.315 e. The van der Waals surface area contributed by atoms with E-state index < -0.39 is 0 Å². The van der Waals surface area contributed by atoms with Crippen LogP contribution in [-0.4, -0.2) is 13.7 Å². The molecule has 8 aromatic carbocycles. The van der Waals surface area contributed by atoms with Crippen molar-refractivity contribution in [3.05, 3.63) is 200 Å². The third kappa shape index (κ3) is 4.61. The Balaban J connectivity index is 1.12. The smallest absolute Gasteiger partial charge is 0.0788 e. The molecule has 0 spiro atoms.